The molecule has 0 aliphatic carbocycles. The molecule has 1 N–H and O–H groups in total. The third-order valence-electron chi connectivity index (χ3n) is 2.46. The van der Waals surface area contributed by atoms with E-state index in [1.165, 1.54) is 0 Å². The molecule has 4 nitrogen and oxygen atoms in total. The van der Waals surface area contributed by atoms with Crippen LogP contribution in [-0.2, 0) is 0 Å². The Morgan fingerprint density at radius 2 is 2.12 bits per heavy atom. The summed E-state index contributed by atoms with van der Waals surface area (Å²) in [6.07, 6.45) is 1.79. The number of hydrogen-bond donors (Lipinski definition) is 1. The molecule has 0 unspecified atom stereocenters. The molecule has 3 rings (SSSR count). The van der Waals surface area contributed by atoms with Gasteiger partial charge < -0.3 is 0 Å². The van der Waals surface area contributed by atoms with E-state index in [9.17, 15) is 0 Å². The van der Waals surface area contributed by atoms with Crippen molar-refractivity contribution in [3.05, 3.63) is 42.4 Å². The number of pyridine rings is 1. The summed E-state index contributed by atoms with van der Waals surface area (Å²) in [5.41, 5.74) is 1.99. The lowest BCUT2D eigenvalue weighted by atomic mass is 10.1. The Morgan fingerprint density at radius 3 is 2.94 bits per heavy atom. The molecule has 2 aromatic heterocycles. The Kier molecular flexibility index (Phi) is 1.93. The highest BCUT2D eigenvalue weighted by Crippen LogP contribution is 2.20. The Bertz CT molecular complexity index is 642. The maximum atomic E-state index is 4.30. The van der Waals surface area contributed by atoms with Gasteiger partial charge in [0.15, 0.2) is 5.82 Å². The van der Waals surface area contributed by atoms with E-state index in [1.807, 2.05) is 37.3 Å². The van der Waals surface area contributed by atoms with Crippen LogP contribution in [0.2, 0.25) is 0 Å². The molecule has 3 aromatic rings. The Morgan fingerprint density at radius 1 is 1.19 bits per heavy atom. The molecule has 0 atom stereocenters. The molecule has 0 radical (unpaired) electrons. The van der Waals surface area contributed by atoms with Crippen LogP contribution >= 0.6 is 0 Å². The quantitative estimate of drug-likeness (QED) is 0.670. The lowest BCUT2D eigenvalue weighted by Crippen LogP contribution is -1.83. The van der Waals surface area contributed by atoms with E-state index in [2.05, 4.69) is 20.2 Å². The second-order valence-electron chi connectivity index (χ2n) is 3.66. The van der Waals surface area contributed by atoms with E-state index in [-0.39, 0.29) is 0 Å². The van der Waals surface area contributed by atoms with Gasteiger partial charge in [-0.05, 0) is 31.2 Å². The van der Waals surface area contributed by atoms with Gasteiger partial charge in [0.1, 0.15) is 5.82 Å². The van der Waals surface area contributed by atoms with E-state index < -0.39 is 0 Å². The van der Waals surface area contributed by atoms with Crippen LogP contribution in [0.25, 0.3) is 22.3 Å². The summed E-state index contributed by atoms with van der Waals surface area (Å²) in [7, 11) is 0. The van der Waals surface area contributed by atoms with Crippen molar-refractivity contribution in [1.82, 2.24) is 20.2 Å². The first-order valence-electron chi connectivity index (χ1n) is 5.07. The van der Waals surface area contributed by atoms with Crippen LogP contribution in [0.1, 0.15) is 5.82 Å². The number of hydrogen-bond acceptors (Lipinski definition) is 3. The highest BCUT2D eigenvalue weighted by Gasteiger charge is 2.04. The largest absolute Gasteiger partial charge is 0.263 e. The number of rotatable bonds is 1. The summed E-state index contributed by atoms with van der Waals surface area (Å²) in [6.45, 7) is 1.89. The third kappa shape index (κ3) is 1.44. The standard InChI is InChI=1S/C12H10N4/c1-8-14-12(16-15-8)10-4-5-11-9(7-10)3-2-6-13-11/h2-7H,1H3,(H,14,15,16). The number of fused-ring (bicyclic) bond motifs is 1. The third-order valence-corrected chi connectivity index (χ3v) is 2.46. The molecule has 0 saturated carbocycles. The second kappa shape index (κ2) is 3.41. The Labute approximate surface area is 92.4 Å². The van der Waals surface area contributed by atoms with Gasteiger partial charge in [-0.1, -0.05) is 6.07 Å². The first kappa shape index (κ1) is 9.03. The molecule has 0 fully saturated rings. The van der Waals surface area contributed by atoms with E-state index in [0.29, 0.717) is 0 Å². The van der Waals surface area contributed by atoms with Crippen LogP contribution in [0.3, 0.4) is 0 Å². The Hall–Kier alpha value is -2.23. The molecule has 78 valence electrons. The van der Waals surface area contributed by atoms with Crippen molar-refractivity contribution in [2.24, 2.45) is 0 Å². The van der Waals surface area contributed by atoms with E-state index in [4.69, 9.17) is 0 Å². The number of aryl methyl sites for hydroxylation is 1. The number of nitrogens with one attached hydrogen (secondary N) is 1. The number of benzene rings is 1. The first-order chi connectivity index (χ1) is 7.83. The lowest BCUT2D eigenvalue weighted by molar-refractivity contribution is 1.04. The number of aromatic nitrogens is 4. The number of H-pyrrole nitrogens is 1. The fraction of sp³-hybridized carbons (Fsp3) is 0.0833. The molecule has 16 heavy (non-hydrogen) atoms. The topological polar surface area (TPSA) is 54.5 Å². The zero-order chi connectivity index (χ0) is 11.0. The Balaban J connectivity index is 2.18. The maximum Gasteiger partial charge on any atom is 0.181 e. The van der Waals surface area contributed by atoms with Crippen LogP contribution in [0, 0.1) is 6.92 Å². The zero-order valence-electron chi connectivity index (χ0n) is 8.81. The minimum atomic E-state index is 0.725. The van der Waals surface area contributed by atoms with Crippen molar-refractivity contribution in [2.45, 2.75) is 6.92 Å². The number of aromatic amines is 1. The van der Waals surface area contributed by atoms with Gasteiger partial charge in [0, 0.05) is 17.1 Å². The van der Waals surface area contributed by atoms with Gasteiger partial charge in [-0.2, -0.15) is 5.10 Å². The average Bonchev–Trinajstić information content (AvgIpc) is 2.75. The monoisotopic (exact) mass is 210 g/mol. The van der Waals surface area contributed by atoms with Crippen LogP contribution in [0.4, 0.5) is 0 Å². The fourth-order valence-electron chi connectivity index (χ4n) is 1.69. The van der Waals surface area contributed by atoms with Gasteiger partial charge in [0.2, 0.25) is 0 Å². The van der Waals surface area contributed by atoms with Gasteiger partial charge in [0.05, 0.1) is 5.52 Å². The average molecular weight is 210 g/mol. The van der Waals surface area contributed by atoms with Crippen molar-refractivity contribution in [2.75, 3.05) is 0 Å². The minimum absolute atomic E-state index is 0.725. The SMILES string of the molecule is Cc1nc(-c2ccc3ncccc3c2)n[nH]1. The number of nitrogens with zero attached hydrogens (tertiary/aromatic N) is 3. The minimum Gasteiger partial charge on any atom is -0.263 e. The van der Waals surface area contributed by atoms with Gasteiger partial charge in [-0.25, -0.2) is 4.98 Å². The summed E-state index contributed by atoms with van der Waals surface area (Å²) in [5.74, 6) is 1.55. The highest BCUT2D eigenvalue weighted by atomic mass is 15.2. The van der Waals surface area contributed by atoms with Gasteiger partial charge in [0.25, 0.3) is 0 Å². The summed E-state index contributed by atoms with van der Waals surface area (Å²) in [5, 5.41) is 8.07. The molecule has 0 amide bonds. The highest BCUT2D eigenvalue weighted by molar-refractivity contribution is 5.82. The summed E-state index contributed by atoms with van der Waals surface area (Å²) in [6, 6.07) is 9.97. The maximum absolute atomic E-state index is 4.30. The van der Waals surface area contributed by atoms with Crippen molar-refractivity contribution < 1.29 is 0 Å². The van der Waals surface area contributed by atoms with Gasteiger partial charge in [-0.15, -0.1) is 0 Å². The van der Waals surface area contributed by atoms with E-state index >= 15 is 0 Å². The second-order valence-corrected chi connectivity index (χ2v) is 3.66. The van der Waals surface area contributed by atoms with Crippen LogP contribution < -0.4 is 0 Å². The summed E-state index contributed by atoms with van der Waals surface area (Å²) < 4.78 is 0. The predicted octanol–water partition coefficient (Wildman–Crippen LogP) is 2.33. The fourth-order valence-corrected chi connectivity index (χ4v) is 1.69. The van der Waals surface area contributed by atoms with Crippen molar-refractivity contribution >= 4 is 10.9 Å². The zero-order valence-corrected chi connectivity index (χ0v) is 8.81. The predicted molar refractivity (Wildman–Crippen MR) is 61.9 cm³/mol. The molecule has 0 aliphatic heterocycles. The molecular weight excluding hydrogens is 200 g/mol. The molecule has 0 aliphatic rings. The molecule has 2 heterocycles. The molecule has 4 heteroatoms. The van der Waals surface area contributed by atoms with E-state index in [0.717, 1.165) is 28.1 Å². The lowest BCUT2D eigenvalue weighted by Gasteiger charge is -1.98. The normalized spacial score (nSPS) is 10.8. The molecule has 1 aromatic carbocycles. The van der Waals surface area contributed by atoms with Gasteiger partial charge >= 0.3 is 0 Å². The molecule has 0 spiro atoms. The van der Waals surface area contributed by atoms with Crippen LogP contribution in [-0.4, -0.2) is 20.2 Å². The molecule has 0 bridgehead atoms. The molecular formula is C12H10N4. The first-order valence-corrected chi connectivity index (χ1v) is 5.07. The summed E-state index contributed by atoms with van der Waals surface area (Å²) >= 11 is 0. The van der Waals surface area contributed by atoms with Crippen LogP contribution in [0.5, 0.6) is 0 Å². The summed E-state index contributed by atoms with van der Waals surface area (Å²) in [4.78, 5) is 8.57. The van der Waals surface area contributed by atoms with Crippen molar-refractivity contribution in [1.29, 1.82) is 0 Å². The van der Waals surface area contributed by atoms with Crippen molar-refractivity contribution in [3.63, 3.8) is 0 Å². The van der Waals surface area contributed by atoms with Crippen LogP contribution in [0.15, 0.2) is 36.5 Å². The van der Waals surface area contributed by atoms with E-state index in [1.54, 1.807) is 6.20 Å². The smallest absolute Gasteiger partial charge is 0.181 e. The van der Waals surface area contributed by atoms with Crippen molar-refractivity contribution in [3.8, 4) is 11.4 Å². The van der Waals surface area contributed by atoms with Gasteiger partial charge in [-0.3, -0.25) is 10.1 Å². The molecule has 0 saturated heterocycles.